The summed E-state index contributed by atoms with van der Waals surface area (Å²) in [5.74, 6) is 0.675. The van der Waals surface area contributed by atoms with E-state index >= 15 is 0 Å². The number of carbonyl (C=O) groups is 2. The second-order valence-corrected chi connectivity index (χ2v) is 6.99. The highest BCUT2D eigenvalue weighted by molar-refractivity contribution is 5.95. The molecular formula is C20H22N4O3. The molecule has 0 saturated carbocycles. The molecule has 1 aromatic carbocycles. The first-order chi connectivity index (χ1) is 13.1. The number of aromatic nitrogens is 2. The van der Waals surface area contributed by atoms with E-state index in [0.29, 0.717) is 24.5 Å². The van der Waals surface area contributed by atoms with Gasteiger partial charge in [0, 0.05) is 36.6 Å². The van der Waals surface area contributed by atoms with E-state index < -0.39 is 0 Å². The highest BCUT2D eigenvalue weighted by atomic mass is 16.5. The second-order valence-electron chi connectivity index (χ2n) is 6.99. The summed E-state index contributed by atoms with van der Waals surface area (Å²) in [5.41, 5.74) is 1.46. The van der Waals surface area contributed by atoms with Gasteiger partial charge in [0.05, 0.1) is 12.6 Å². The number of ether oxygens (including phenoxy) is 1. The van der Waals surface area contributed by atoms with Crippen molar-refractivity contribution in [2.45, 2.75) is 32.4 Å². The Bertz CT molecular complexity index is 850. The Morgan fingerprint density at radius 2 is 1.85 bits per heavy atom. The molecule has 27 heavy (non-hydrogen) atoms. The molecule has 0 N–H and O–H groups in total. The van der Waals surface area contributed by atoms with Gasteiger partial charge in [0.25, 0.3) is 11.8 Å². The van der Waals surface area contributed by atoms with Crippen molar-refractivity contribution in [1.29, 1.82) is 0 Å². The summed E-state index contributed by atoms with van der Waals surface area (Å²) in [6.07, 6.45) is 5.22. The summed E-state index contributed by atoms with van der Waals surface area (Å²) in [4.78, 5) is 37.3. The molecule has 2 aliphatic rings. The third-order valence-electron chi connectivity index (χ3n) is 5.07. The van der Waals surface area contributed by atoms with Gasteiger partial charge in [0.15, 0.2) is 0 Å². The SMILES string of the molecule is C[C@H]1COc2ccc(C(=O)N3CCCC3)cc2CN1C(=O)c1ncccn1. The fourth-order valence-electron chi connectivity index (χ4n) is 3.53. The molecule has 4 rings (SSSR count). The number of hydrogen-bond acceptors (Lipinski definition) is 5. The van der Waals surface area contributed by atoms with Crippen molar-refractivity contribution >= 4 is 11.8 Å². The van der Waals surface area contributed by atoms with Gasteiger partial charge in [-0.15, -0.1) is 0 Å². The van der Waals surface area contributed by atoms with Crippen molar-refractivity contribution in [3.63, 3.8) is 0 Å². The van der Waals surface area contributed by atoms with E-state index in [-0.39, 0.29) is 23.7 Å². The van der Waals surface area contributed by atoms with Crippen LogP contribution in [0.4, 0.5) is 0 Å². The zero-order valence-corrected chi connectivity index (χ0v) is 15.3. The zero-order valence-electron chi connectivity index (χ0n) is 15.3. The predicted octanol–water partition coefficient (Wildman–Crippen LogP) is 2.14. The smallest absolute Gasteiger partial charge is 0.292 e. The molecule has 0 spiro atoms. The molecule has 1 atom stereocenters. The van der Waals surface area contributed by atoms with Crippen LogP contribution in [0.1, 0.15) is 46.3 Å². The van der Waals surface area contributed by atoms with Gasteiger partial charge in [-0.3, -0.25) is 9.59 Å². The van der Waals surface area contributed by atoms with E-state index in [1.54, 1.807) is 23.4 Å². The lowest BCUT2D eigenvalue weighted by Gasteiger charge is -2.25. The lowest BCUT2D eigenvalue weighted by atomic mass is 10.1. The third-order valence-corrected chi connectivity index (χ3v) is 5.07. The molecule has 1 saturated heterocycles. The molecule has 2 amide bonds. The standard InChI is InChI=1S/C20H22N4O3/c1-14-13-27-17-6-5-15(19(25)23-9-2-3-10-23)11-16(17)12-24(14)20(26)18-21-7-4-8-22-18/h4-8,11,14H,2-3,9-10,12-13H2,1H3/t14-/m0/s1. The first-order valence-corrected chi connectivity index (χ1v) is 9.26. The third kappa shape index (κ3) is 3.49. The average Bonchev–Trinajstić information content (AvgIpc) is 3.19. The van der Waals surface area contributed by atoms with Crippen LogP contribution in [0.3, 0.4) is 0 Å². The Kier molecular flexibility index (Phi) is 4.75. The number of likely N-dealkylation sites (tertiary alicyclic amines) is 1. The Labute approximate surface area is 158 Å². The molecule has 1 aromatic heterocycles. The number of amides is 2. The van der Waals surface area contributed by atoms with Crippen molar-refractivity contribution in [3.8, 4) is 5.75 Å². The van der Waals surface area contributed by atoms with E-state index in [1.165, 1.54) is 0 Å². The van der Waals surface area contributed by atoms with Gasteiger partial charge in [-0.05, 0) is 44.0 Å². The molecule has 2 aliphatic heterocycles. The summed E-state index contributed by atoms with van der Waals surface area (Å²) >= 11 is 0. The maximum atomic E-state index is 12.9. The Hall–Kier alpha value is -2.96. The lowest BCUT2D eigenvalue weighted by molar-refractivity contribution is 0.0632. The number of nitrogens with zero attached hydrogens (tertiary/aromatic N) is 4. The van der Waals surface area contributed by atoms with Crippen LogP contribution in [-0.2, 0) is 6.54 Å². The maximum absolute atomic E-state index is 12.9. The van der Waals surface area contributed by atoms with E-state index in [2.05, 4.69) is 9.97 Å². The van der Waals surface area contributed by atoms with E-state index in [0.717, 1.165) is 31.5 Å². The number of fused-ring (bicyclic) bond motifs is 1. The van der Waals surface area contributed by atoms with Crippen LogP contribution in [0.25, 0.3) is 0 Å². The zero-order chi connectivity index (χ0) is 18.8. The highest BCUT2D eigenvalue weighted by Crippen LogP contribution is 2.28. The number of hydrogen-bond donors (Lipinski definition) is 0. The molecule has 0 unspecified atom stereocenters. The molecule has 7 nitrogen and oxygen atoms in total. The van der Waals surface area contributed by atoms with Gasteiger partial charge >= 0.3 is 0 Å². The van der Waals surface area contributed by atoms with Gasteiger partial charge in [-0.25, -0.2) is 9.97 Å². The lowest BCUT2D eigenvalue weighted by Crippen LogP contribution is -2.40. The highest BCUT2D eigenvalue weighted by Gasteiger charge is 2.29. The minimum Gasteiger partial charge on any atom is -0.491 e. The van der Waals surface area contributed by atoms with Crippen LogP contribution in [0.15, 0.2) is 36.7 Å². The largest absolute Gasteiger partial charge is 0.491 e. The Morgan fingerprint density at radius 3 is 2.59 bits per heavy atom. The molecule has 2 aromatic rings. The summed E-state index contributed by atoms with van der Waals surface area (Å²) in [6, 6.07) is 7.03. The van der Waals surface area contributed by atoms with Crippen molar-refractivity contribution < 1.29 is 14.3 Å². The number of rotatable bonds is 2. The first-order valence-electron chi connectivity index (χ1n) is 9.26. The second kappa shape index (κ2) is 7.34. The van der Waals surface area contributed by atoms with Crippen molar-refractivity contribution in [1.82, 2.24) is 19.8 Å². The van der Waals surface area contributed by atoms with Crippen LogP contribution < -0.4 is 4.74 Å². The summed E-state index contributed by atoms with van der Waals surface area (Å²) < 4.78 is 5.88. The molecule has 3 heterocycles. The molecule has 7 heteroatoms. The molecular weight excluding hydrogens is 344 g/mol. The summed E-state index contributed by atoms with van der Waals surface area (Å²) in [6.45, 7) is 4.28. The first kappa shape index (κ1) is 17.5. The average molecular weight is 366 g/mol. The van der Waals surface area contributed by atoms with Crippen LogP contribution >= 0.6 is 0 Å². The van der Waals surface area contributed by atoms with Gasteiger partial charge in [0.1, 0.15) is 12.4 Å². The topological polar surface area (TPSA) is 75.6 Å². The quantitative estimate of drug-likeness (QED) is 0.814. The minimum absolute atomic E-state index is 0.0388. The van der Waals surface area contributed by atoms with Crippen molar-refractivity contribution in [2.75, 3.05) is 19.7 Å². The normalized spacial score (nSPS) is 19.2. The van der Waals surface area contributed by atoms with E-state index in [9.17, 15) is 9.59 Å². The molecule has 1 fully saturated rings. The fraction of sp³-hybridized carbons (Fsp3) is 0.400. The number of carbonyl (C=O) groups excluding carboxylic acids is 2. The maximum Gasteiger partial charge on any atom is 0.292 e. The van der Waals surface area contributed by atoms with Gasteiger partial charge in [-0.1, -0.05) is 0 Å². The van der Waals surface area contributed by atoms with E-state index in [1.807, 2.05) is 30.0 Å². The minimum atomic E-state index is -0.240. The summed E-state index contributed by atoms with van der Waals surface area (Å²) in [5, 5.41) is 0. The molecule has 0 bridgehead atoms. The van der Waals surface area contributed by atoms with Crippen LogP contribution in [0.2, 0.25) is 0 Å². The summed E-state index contributed by atoms with van der Waals surface area (Å²) in [7, 11) is 0. The van der Waals surface area contributed by atoms with Gasteiger partial charge in [0.2, 0.25) is 5.82 Å². The molecule has 0 radical (unpaired) electrons. The van der Waals surface area contributed by atoms with Crippen molar-refractivity contribution in [2.24, 2.45) is 0 Å². The van der Waals surface area contributed by atoms with Gasteiger partial charge in [-0.2, -0.15) is 0 Å². The fourth-order valence-corrected chi connectivity index (χ4v) is 3.53. The van der Waals surface area contributed by atoms with Crippen LogP contribution in [-0.4, -0.2) is 57.3 Å². The molecule has 0 aliphatic carbocycles. The molecule has 140 valence electrons. The van der Waals surface area contributed by atoms with Crippen LogP contribution in [0.5, 0.6) is 5.75 Å². The Morgan fingerprint density at radius 1 is 1.11 bits per heavy atom. The van der Waals surface area contributed by atoms with Crippen molar-refractivity contribution in [3.05, 3.63) is 53.6 Å². The Balaban J connectivity index is 1.61. The van der Waals surface area contributed by atoms with Crippen LogP contribution in [0, 0.1) is 0 Å². The monoisotopic (exact) mass is 366 g/mol. The van der Waals surface area contributed by atoms with Gasteiger partial charge < -0.3 is 14.5 Å². The number of benzene rings is 1. The van der Waals surface area contributed by atoms with E-state index in [4.69, 9.17) is 4.74 Å². The predicted molar refractivity (Wildman–Crippen MR) is 98.4 cm³/mol.